The Morgan fingerprint density at radius 3 is 2.44 bits per heavy atom. The van der Waals surface area contributed by atoms with Gasteiger partial charge in [-0.05, 0) is 29.8 Å². The molecule has 9 heteroatoms. The first kappa shape index (κ1) is 18.6. The number of halogens is 1. The van der Waals surface area contributed by atoms with Crippen molar-refractivity contribution in [2.24, 2.45) is 0 Å². The highest BCUT2D eigenvalue weighted by atomic mass is 32.1. The van der Waals surface area contributed by atoms with Gasteiger partial charge in [-0.3, -0.25) is 14.6 Å². The average Bonchev–Trinajstić information content (AvgIpc) is 3.10. The molecule has 0 spiro atoms. The van der Waals surface area contributed by atoms with E-state index in [1.807, 2.05) is 0 Å². The highest BCUT2D eigenvalue weighted by Gasteiger charge is 2.20. The van der Waals surface area contributed by atoms with Crippen molar-refractivity contribution in [1.82, 2.24) is 15.2 Å². The van der Waals surface area contributed by atoms with Crippen molar-refractivity contribution in [2.75, 3.05) is 5.32 Å². The number of benzene rings is 1. The topological polar surface area (TPSA) is 105 Å². The van der Waals surface area contributed by atoms with E-state index in [1.165, 1.54) is 35.6 Å². The first-order chi connectivity index (χ1) is 13.0. The number of carbonyl (C=O) groups excluding carboxylic acids is 1. The normalized spacial score (nSPS) is 11.7. The summed E-state index contributed by atoms with van der Waals surface area (Å²) in [7, 11) is 0. The molecule has 3 rings (SSSR count). The molecule has 0 aliphatic heterocycles. The molecule has 2 aromatic heterocycles. The largest absolute Gasteiger partial charge is 0.481 e. The predicted molar refractivity (Wildman–Crippen MR) is 97.8 cm³/mol. The predicted octanol–water partition coefficient (Wildman–Crippen LogP) is 3.33. The summed E-state index contributed by atoms with van der Waals surface area (Å²) in [5, 5.41) is 20.7. The second kappa shape index (κ2) is 8.45. The third kappa shape index (κ3) is 5.14. The second-order valence-corrected chi connectivity index (χ2v) is 6.72. The summed E-state index contributed by atoms with van der Waals surface area (Å²) < 4.78 is 13.1. The van der Waals surface area contributed by atoms with Gasteiger partial charge in [-0.15, -0.1) is 10.2 Å². The van der Waals surface area contributed by atoms with E-state index in [-0.39, 0.29) is 18.7 Å². The molecule has 0 fully saturated rings. The Balaban J connectivity index is 1.68. The number of carbonyl (C=O) groups is 2. The van der Waals surface area contributed by atoms with Crippen molar-refractivity contribution in [3.63, 3.8) is 0 Å². The minimum Gasteiger partial charge on any atom is -0.481 e. The van der Waals surface area contributed by atoms with Crippen molar-refractivity contribution in [3.8, 4) is 10.6 Å². The molecule has 1 unspecified atom stereocenters. The summed E-state index contributed by atoms with van der Waals surface area (Å²) in [6, 6.07) is 9.03. The van der Waals surface area contributed by atoms with Gasteiger partial charge in [0.25, 0.3) is 0 Å². The van der Waals surface area contributed by atoms with Gasteiger partial charge in [-0.25, -0.2) is 4.39 Å². The highest BCUT2D eigenvalue weighted by molar-refractivity contribution is 7.18. The van der Waals surface area contributed by atoms with Crippen LogP contribution in [0.5, 0.6) is 0 Å². The van der Waals surface area contributed by atoms with Gasteiger partial charge in [0.1, 0.15) is 10.8 Å². The van der Waals surface area contributed by atoms with E-state index in [1.54, 1.807) is 24.5 Å². The van der Waals surface area contributed by atoms with Crippen molar-refractivity contribution in [3.05, 3.63) is 60.2 Å². The lowest BCUT2D eigenvalue weighted by Gasteiger charge is -2.14. The van der Waals surface area contributed by atoms with Crippen LogP contribution >= 0.6 is 11.3 Å². The first-order valence-electron chi connectivity index (χ1n) is 8.02. The van der Waals surface area contributed by atoms with E-state index in [9.17, 15) is 14.0 Å². The van der Waals surface area contributed by atoms with E-state index in [0.29, 0.717) is 15.7 Å². The van der Waals surface area contributed by atoms with E-state index in [4.69, 9.17) is 5.11 Å². The van der Waals surface area contributed by atoms with Crippen LogP contribution in [0, 0.1) is 5.82 Å². The zero-order valence-corrected chi connectivity index (χ0v) is 14.8. The number of aliphatic carboxylic acids is 1. The maximum Gasteiger partial charge on any atom is 0.303 e. The van der Waals surface area contributed by atoms with Crippen molar-refractivity contribution < 1.29 is 19.1 Å². The van der Waals surface area contributed by atoms with E-state index in [2.05, 4.69) is 20.5 Å². The van der Waals surface area contributed by atoms with Crippen LogP contribution in [0.4, 0.5) is 9.52 Å². The lowest BCUT2D eigenvalue weighted by Crippen LogP contribution is -2.17. The molecule has 0 bridgehead atoms. The second-order valence-electron chi connectivity index (χ2n) is 5.75. The number of anilines is 1. The van der Waals surface area contributed by atoms with E-state index in [0.717, 1.165) is 5.56 Å². The number of nitrogens with one attached hydrogen (secondary N) is 1. The number of nitrogens with zero attached hydrogens (tertiary/aromatic N) is 3. The van der Waals surface area contributed by atoms with Gasteiger partial charge in [0.05, 0.1) is 6.42 Å². The molecule has 0 radical (unpaired) electrons. The Bertz CT molecular complexity index is 931. The molecule has 1 aromatic carbocycles. The smallest absolute Gasteiger partial charge is 0.303 e. The summed E-state index contributed by atoms with van der Waals surface area (Å²) in [5.74, 6) is -2.42. The number of hydrogen-bond acceptors (Lipinski definition) is 6. The molecule has 0 saturated heterocycles. The van der Waals surface area contributed by atoms with Crippen LogP contribution in [0.3, 0.4) is 0 Å². The van der Waals surface area contributed by atoms with E-state index >= 15 is 0 Å². The summed E-state index contributed by atoms with van der Waals surface area (Å²) in [4.78, 5) is 27.4. The number of carboxylic acid groups (broad SMARTS) is 1. The fraction of sp³-hybridized carbons (Fsp3) is 0.167. The molecule has 2 heterocycles. The number of amides is 1. The molecule has 0 aliphatic rings. The molecule has 138 valence electrons. The summed E-state index contributed by atoms with van der Waals surface area (Å²) in [6.07, 6.45) is 2.96. The first-order valence-corrected chi connectivity index (χ1v) is 8.84. The van der Waals surface area contributed by atoms with Gasteiger partial charge < -0.3 is 10.4 Å². The molecule has 1 atom stereocenters. The quantitative estimate of drug-likeness (QED) is 0.645. The monoisotopic (exact) mass is 386 g/mol. The maximum atomic E-state index is 13.1. The molecule has 7 nitrogen and oxygen atoms in total. The number of pyridine rings is 1. The number of hydrogen-bond donors (Lipinski definition) is 2. The fourth-order valence-electron chi connectivity index (χ4n) is 2.53. The number of aromatic nitrogens is 3. The van der Waals surface area contributed by atoms with Gasteiger partial charge in [0.15, 0.2) is 0 Å². The average molecular weight is 386 g/mol. The van der Waals surface area contributed by atoms with Gasteiger partial charge in [-0.2, -0.15) is 0 Å². The molecular weight excluding hydrogens is 371 g/mol. The zero-order valence-electron chi connectivity index (χ0n) is 14.0. The summed E-state index contributed by atoms with van der Waals surface area (Å²) in [5.41, 5.74) is 1.42. The molecule has 3 aromatic rings. The minimum absolute atomic E-state index is 0.0674. The third-order valence-corrected chi connectivity index (χ3v) is 4.68. The van der Waals surface area contributed by atoms with Crippen LogP contribution in [-0.2, 0) is 9.59 Å². The Hall–Kier alpha value is -3.20. The zero-order chi connectivity index (χ0) is 19.2. The summed E-state index contributed by atoms with van der Waals surface area (Å²) in [6.45, 7) is 0. The van der Waals surface area contributed by atoms with Gasteiger partial charge in [-0.1, -0.05) is 23.5 Å². The van der Waals surface area contributed by atoms with Gasteiger partial charge in [0.2, 0.25) is 11.0 Å². The van der Waals surface area contributed by atoms with Gasteiger partial charge in [0, 0.05) is 30.3 Å². The SMILES string of the molecule is O=C(O)CC(CC(=O)Nc1nnc(-c2ccncc2)s1)c1ccc(F)cc1. The molecule has 1 amide bonds. The Morgan fingerprint density at radius 2 is 1.78 bits per heavy atom. The van der Waals surface area contributed by atoms with Gasteiger partial charge >= 0.3 is 5.97 Å². The van der Waals surface area contributed by atoms with Crippen LogP contribution in [0.25, 0.3) is 10.6 Å². The fourth-order valence-corrected chi connectivity index (χ4v) is 3.30. The summed E-state index contributed by atoms with van der Waals surface area (Å²) >= 11 is 1.21. The van der Waals surface area contributed by atoms with Crippen molar-refractivity contribution in [2.45, 2.75) is 18.8 Å². The van der Waals surface area contributed by atoms with Crippen LogP contribution < -0.4 is 5.32 Å². The van der Waals surface area contributed by atoms with Crippen LogP contribution in [0.1, 0.15) is 24.3 Å². The van der Waals surface area contributed by atoms with E-state index < -0.39 is 17.7 Å². The standard InChI is InChI=1S/C18H15FN4O3S/c19-14-3-1-11(2-4-14)13(10-16(25)26)9-15(24)21-18-23-22-17(27-18)12-5-7-20-8-6-12/h1-8,13H,9-10H2,(H,25,26)(H,21,23,24). The number of carboxylic acids is 1. The van der Waals surface area contributed by atoms with Crippen molar-refractivity contribution in [1.29, 1.82) is 0 Å². The molecule has 2 N–H and O–H groups in total. The van der Waals surface area contributed by atoms with Crippen molar-refractivity contribution >= 4 is 28.3 Å². The highest BCUT2D eigenvalue weighted by Crippen LogP contribution is 2.28. The molecule has 27 heavy (non-hydrogen) atoms. The lowest BCUT2D eigenvalue weighted by atomic mass is 9.92. The Morgan fingerprint density at radius 1 is 1.07 bits per heavy atom. The molecule has 0 aliphatic carbocycles. The molecular formula is C18H15FN4O3S. The molecule has 0 saturated carbocycles. The third-order valence-electron chi connectivity index (χ3n) is 3.79. The Kier molecular flexibility index (Phi) is 5.82. The van der Waals surface area contributed by atoms with Crippen LogP contribution in [-0.4, -0.2) is 32.2 Å². The van der Waals surface area contributed by atoms with Crippen LogP contribution in [0.2, 0.25) is 0 Å². The minimum atomic E-state index is -1.03. The lowest BCUT2D eigenvalue weighted by molar-refractivity contribution is -0.137. The number of rotatable bonds is 7. The Labute approximate surface area is 157 Å². The maximum absolute atomic E-state index is 13.1. The van der Waals surface area contributed by atoms with Crippen LogP contribution in [0.15, 0.2) is 48.8 Å².